The van der Waals surface area contributed by atoms with E-state index in [1.807, 2.05) is 19.1 Å². The Bertz CT molecular complexity index is 1100. The highest BCUT2D eigenvalue weighted by Crippen LogP contribution is 2.50. The quantitative estimate of drug-likeness (QED) is 0.578. The SMILES string of the molecule is COc1ccc(OC)c(NC(=O)[C@@H]2C[C@H](CC(C)C)N[C@]23C(=O)Nc2c(Cl)cc(C)cc23)c1. The van der Waals surface area contributed by atoms with Gasteiger partial charge in [0.05, 0.1) is 36.5 Å². The monoisotopic (exact) mass is 471 g/mol. The van der Waals surface area contributed by atoms with E-state index in [4.69, 9.17) is 21.1 Å². The van der Waals surface area contributed by atoms with Crippen molar-refractivity contribution in [2.75, 3.05) is 24.9 Å². The van der Waals surface area contributed by atoms with Crippen LogP contribution in [0.1, 0.15) is 37.8 Å². The number of halogens is 1. The highest BCUT2D eigenvalue weighted by molar-refractivity contribution is 6.35. The van der Waals surface area contributed by atoms with E-state index in [0.717, 1.165) is 17.5 Å². The number of methoxy groups -OCH3 is 2. The summed E-state index contributed by atoms with van der Waals surface area (Å²) in [6, 6.07) is 8.97. The minimum atomic E-state index is -1.19. The van der Waals surface area contributed by atoms with Crippen molar-refractivity contribution >= 4 is 34.8 Å². The molecule has 2 aromatic carbocycles. The maximum Gasteiger partial charge on any atom is 0.250 e. The lowest BCUT2D eigenvalue weighted by molar-refractivity contribution is -0.130. The molecule has 176 valence electrons. The van der Waals surface area contributed by atoms with Crippen LogP contribution >= 0.6 is 11.6 Å². The average Bonchev–Trinajstić information content (AvgIpc) is 3.27. The lowest BCUT2D eigenvalue weighted by atomic mass is 9.79. The Morgan fingerprint density at radius 3 is 2.67 bits per heavy atom. The Hall–Kier alpha value is -2.77. The summed E-state index contributed by atoms with van der Waals surface area (Å²) in [6.45, 7) is 6.19. The molecule has 0 aliphatic carbocycles. The van der Waals surface area contributed by atoms with Gasteiger partial charge in [-0.3, -0.25) is 14.9 Å². The van der Waals surface area contributed by atoms with Gasteiger partial charge in [0.2, 0.25) is 11.8 Å². The molecule has 8 heteroatoms. The highest BCUT2D eigenvalue weighted by Gasteiger charge is 2.60. The van der Waals surface area contributed by atoms with Crippen molar-refractivity contribution in [3.05, 3.63) is 46.5 Å². The number of fused-ring (bicyclic) bond motifs is 2. The van der Waals surface area contributed by atoms with E-state index in [-0.39, 0.29) is 17.9 Å². The summed E-state index contributed by atoms with van der Waals surface area (Å²) < 4.78 is 10.7. The Balaban J connectivity index is 1.77. The Morgan fingerprint density at radius 2 is 2.00 bits per heavy atom. The van der Waals surface area contributed by atoms with Crippen molar-refractivity contribution in [2.24, 2.45) is 11.8 Å². The van der Waals surface area contributed by atoms with Gasteiger partial charge in [-0.25, -0.2) is 0 Å². The van der Waals surface area contributed by atoms with E-state index in [1.54, 1.807) is 32.4 Å². The van der Waals surface area contributed by atoms with Gasteiger partial charge >= 0.3 is 0 Å². The van der Waals surface area contributed by atoms with Gasteiger partial charge in [-0.05, 0) is 49.4 Å². The largest absolute Gasteiger partial charge is 0.497 e. The Kier molecular flexibility index (Phi) is 6.29. The summed E-state index contributed by atoms with van der Waals surface area (Å²) in [7, 11) is 3.10. The zero-order chi connectivity index (χ0) is 23.9. The molecule has 0 unspecified atom stereocenters. The molecule has 0 saturated carbocycles. The maximum absolute atomic E-state index is 13.7. The van der Waals surface area contributed by atoms with Gasteiger partial charge in [0.1, 0.15) is 17.0 Å². The second-order valence-electron chi connectivity index (χ2n) is 9.25. The minimum Gasteiger partial charge on any atom is -0.497 e. The summed E-state index contributed by atoms with van der Waals surface area (Å²) in [4.78, 5) is 27.2. The fourth-order valence-electron chi connectivity index (χ4n) is 5.11. The molecule has 33 heavy (non-hydrogen) atoms. The van der Waals surface area contributed by atoms with E-state index >= 15 is 0 Å². The van der Waals surface area contributed by atoms with Gasteiger partial charge in [0, 0.05) is 17.7 Å². The molecule has 3 atom stereocenters. The van der Waals surface area contributed by atoms with Crippen molar-refractivity contribution in [2.45, 2.75) is 45.2 Å². The molecular formula is C25H30ClN3O4. The van der Waals surface area contributed by atoms with Gasteiger partial charge < -0.3 is 20.1 Å². The number of carbonyl (C=O) groups excluding carboxylic acids is 2. The van der Waals surface area contributed by atoms with Gasteiger partial charge in [0.25, 0.3) is 0 Å². The van der Waals surface area contributed by atoms with Crippen LogP contribution in [0.4, 0.5) is 11.4 Å². The number of carbonyl (C=O) groups is 2. The molecule has 2 aliphatic rings. The second-order valence-corrected chi connectivity index (χ2v) is 9.65. The molecule has 0 radical (unpaired) electrons. The highest BCUT2D eigenvalue weighted by atomic mass is 35.5. The third-order valence-corrected chi connectivity index (χ3v) is 6.77. The fourth-order valence-corrected chi connectivity index (χ4v) is 5.43. The number of aryl methyl sites for hydroxylation is 1. The molecule has 1 spiro atoms. The average molecular weight is 472 g/mol. The molecule has 2 aliphatic heterocycles. The Morgan fingerprint density at radius 1 is 1.24 bits per heavy atom. The third kappa shape index (κ3) is 4.04. The lowest BCUT2D eigenvalue weighted by Crippen LogP contribution is -2.52. The van der Waals surface area contributed by atoms with E-state index in [9.17, 15) is 9.59 Å². The molecule has 2 amide bonds. The molecule has 1 fully saturated rings. The molecule has 4 rings (SSSR count). The van der Waals surface area contributed by atoms with Crippen molar-refractivity contribution in [3.8, 4) is 11.5 Å². The zero-order valence-electron chi connectivity index (χ0n) is 19.5. The van der Waals surface area contributed by atoms with Crippen LogP contribution in [-0.4, -0.2) is 32.1 Å². The molecule has 0 aromatic heterocycles. The van der Waals surface area contributed by atoms with Crippen LogP contribution in [0.3, 0.4) is 0 Å². The smallest absolute Gasteiger partial charge is 0.250 e. The standard InChI is InChI=1S/C25H30ClN3O4/c1-13(2)8-15-11-18(23(30)27-20-12-16(32-4)6-7-21(20)33-5)25(29-15)17-9-14(3)10-19(26)22(17)28-24(25)31/h6-7,9-10,12-13,15,18,29H,8,11H2,1-5H3,(H,27,30)(H,28,31)/t15-,18-,25-/m0/s1. The van der Waals surface area contributed by atoms with Crippen LogP contribution in [0.25, 0.3) is 0 Å². The zero-order valence-corrected chi connectivity index (χ0v) is 20.3. The summed E-state index contributed by atoms with van der Waals surface area (Å²) in [6.07, 6.45) is 1.37. The topological polar surface area (TPSA) is 88.7 Å². The number of anilines is 2. The summed E-state index contributed by atoms with van der Waals surface area (Å²) >= 11 is 6.48. The molecule has 2 aromatic rings. The number of rotatable bonds is 6. The summed E-state index contributed by atoms with van der Waals surface area (Å²) in [5, 5.41) is 9.93. The molecule has 7 nitrogen and oxygen atoms in total. The number of amides is 2. The fraction of sp³-hybridized carbons (Fsp3) is 0.440. The number of nitrogens with one attached hydrogen (secondary N) is 3. The number of benzene rings is 2. The van der Waals surface area contributed by atoms with Crippen LogP contribution < -0.4 is 25.4 Å². The first-order chi connectivity index (χ1) is 15.7. The predicted molar refractivity (Wildman–Crippen MR) is 129 cm³/mol. The number of ether oxygens (including phenoxy) is 2. The van der Waals surface area contributed by atoms with Gasteiger partial charge in [-0.1, -0.05) is 31.5 Å². The lowest BCUT2D eigenvalue weighted by Gasteiger charge is -2.30. The maximum atomic E-state index is 13.7. The van der Waals surface area contributed by atoms with E-state index < -0.39 is 11.5 Å². The summed E-state index contributed by atoms with van der Waals surface area (Å²) in [5.41, 5.74) is 1.52. The van der Waals surface area contributed by atoms with Crippen molar-refractivity contribution < 1.29 is 19.1 Å². The van der Waals surface area contributed by atoms with Crippen LogP contribution in [-0.2, 0) is 15.1 Å². The number of hydrogen-bond donors (Lipinski definition) is 3. The van der Waals surface area contributed by atoms with Crippen molar-refractivity contribution in [3.63, 3.8) is 0 Å². The molecule has 2 heterocycles. The van der Waals surface area contributed by atoms with Gasteiger partial charge in [0.15, 0.2) is 0 Å². The molecule has 1 saturated heterocycles. The first kappa shape index (κ1) is 23.4. The van der Waals surface area contributed by atoms with Crippen LogP contribution in [0.5, 0.6) is 11.5 Å². The summed E-state index contributed by atoms with van der Waals surface area (Å²) in [5.74, 6) is 0.351. The van der Waals surface area contributed by atoms with E-state index in [0.29, 0.717) is 40.2 Å². The molecule has 0 bridgehead atoms. The third-order valence-electron chi connectivity index (χ3n) is 6.47. The van der Waals surface area contributed by atoms with Gasteiger partial charge in [-0.2, -0.15) is 0 Å². The van der Waals surface area contributed by atoms with E-state index in [1.165, 1.54) is 0 Å². The predicted octanol–water partition coefficient (Wildman–Crippen LogP) is 4.48. The number of hydrogen-bond acceptors (Lipinski definition) is 5. The Labute approximate surface area is 199 Å². The second kappa shape index (κ2) is 8.88. The van der Waals surface area contributed by atoms with Crippen molar-refractivity contribution in [1.29, 1.82) is 0 Å². The van der Waals surface area contributed by atoms with Gasteiger partial charge in [-0.15, -0.1) is 0 Å². The normalized spacial score (nSPS) is 23.5. The minimum absolute atomic E-state index is 0.00365. The molecular weight excluding hydrogens is 442 g/mol. The van der Waals surface area contributed by atoms with Crippen molar-refractivity contribution in [1.82, 2.24) is 5.32 Å². The first-order valence-corrected chi connectivity index (χ1v) is 11.5. The van der Waals surface area contributed by atoms with Crippen LogP contribution in [0.15, 0.2) is 30.3 Å². The molecule has 3 N–H and O–H groups in total. The van der Waals surface area contributed by atoms with Crippen LogP contribution in [0, 0.1) is 18.8 Å². The first-order valence-electron chi connectivity index (χ1n) is 11.1. The van der Waals surface area contributed by atoms with E-state index in [2.05, 4.69) is 29.8 Å². The van der Waals surface area contributed by atoms with Crippen LogP contribution in [0.2, 0.25) is 5.02 Å².